The summed E-state index contributed by atoms with van der Waals surface area (Å²) in [7, 11) is -2.43. The molecular formula is C27H32F3N5O3Si. The number of alkyl halides is 3. The number of nitrogens with zero attached hydrogens (tertiary/aromatic N) is 2. The van der Waals surface area contributed by atoms with Crippen LogP contribution in [0.5, 0.6) is 0 Å². The fourth-order valence-electron chi connectivity index (χ4n) is 3.56. The zero-order chi connectivity index (χ0) is 29.8. The van der Waals surface area contributed by atoms with E-state index in [1.165, 1.54) is 37.3 Å². The van der Waals surface area contributed by atoms with E-state index in [0.29, 0.717) is 5.56 Å². The van der Waals surface area contributed by atoms with Crippen molar-refractivity contribution in [3.05, 3.63) is 64.2 Å². The van der Waals surface area contributed by atoms with E-state index in [1.54, 1.807) is 13.0 Å². The van der Waals surface area contributed by atoms with Crippen molar-refractivity contribution < 1.29 is 27.2 Å². The molecule has 0 heterocycles. The molecule has 3 N–H and O–H groups in total. The maximum atomic E-state index is 13.8. The molecule has 208 valence electrons. The molecule has 0 spiro atoms. The van der Waals surface area contributed by atoms with E-state index in [9.17, 15) is 28.0 Å². The van der Waals surface area contributed by atoms with Crippen LogP contribution in [-0.4, -0.2) is 32.3 Å². The molecule has 8 nitrogen and oxygen atoms in total. The van der Waals surface area contributed by atoms with E-state index in [0.717, 1.165) is 6.07 Å². The third-order valence-electron chi connectivity index (χ3n) is 6.79. The first-order chi connectivity index (χ1) is 17.9. The number of anilines is 1. The fraction of sp³-hybridized carbons (Fsp3) is 0.407. The summed E-state index contributed by atoms with van der Waals surface area (Å²) < 4.78 is 47.6. The molecule has 0 aliphatic carbocycles. The monoisotopic (exact) mass is 559 g/mol. The van der Waals surface area contributed by atoms with E-state index in [-0.39, 0.29) is 21.9 Å². The Hall–Kier alpha value is -3.87. The van der Waals surface area contributed by atoms with Crippen LogP contribution in [0.2, 0.25) is 18.1 Å². The molecule has 0 aliphatic rings. The number of benzene rings is 2. The zero-order valence-electron chi connectivity index (χ0n) is 22.9. The molecule has 2 amide bonds. The van der Waals surface area contributed by atoms with Gasteiger partial charge in [-0.3, -0.25) is 20.4 Å². The number of carbonyl (C=O) groups is 2. The summed E-state index contributed by atoms with van der Waals surface area (Å²) in [6.07, 6.45) is -5.61. The Bertz CT molecular complexity index is 1310. The summed E-state index contributed by atoms with van der Waals surface area (Å²) in [6.45, 7) is 12.8. The number of halogens is 3. The fourth-order valence-corrected chi connectivity index (χ4v) is 4.98. The second-order valence-electron chi connectivity index (χ2n) is 10.6. The molecule has 2 atom stereocenters. The van der Waals surface area contributed by atoms with Crippen molar-refractivity contribution in [2.75, 3.05) is 5.32 Å². The number of hydrogen-bond acceptors (Lipinski definition) is 6. The van der Waals surface area contributed by atoms with Crippen molar-refractivity contribution in [3.63, 3.8) is 0 Å². The lowest BCUT2D eigenvalue weighted by atomic mass is 9.99. The van der Waals surface area contributed by atoms with Gasteiger partial charge < -0.3 is 9.74 Å². The van der Waals surface area contributed by atoms with Crippen molar-refractivity contribution in [2.45, 2.75) is 71.1 Å². The smallest absolute Gasteiger partial charge is 0.412 e. The summed E-state index contributed by atoms with van der Waals surface area (Å²) >= 11 is 0. The van der Waals surface area contributed by atoms with Gasteiger partial charge in [-0.15, -0.1) is 0 Å². The van der Waals surface area contributed by atoms with Crippen LogP contribution >= 0.6 is 0 Å². The number of nitriles is 2. The predicted octanol–water partition coefficient (Wildman–Crippen LogP) is 5.41. The second kappa shape index (κ2) is 11.9. The average Bonchev–Trinajstić information content (AvgIpc) is 2.84. The van der Waals surface area contributed by atoms with E-state index in [2.05, 4.69) is 16.2 Å². The number of hydrogen-bond donors (Lipinski definition) is 3. The van der Waals surface area contributed by atoms with Gasteiger partial charge in [0.2, 0.25) is 0 Å². The first-order valence-electron chi connectivity index (χ1n) is 12.1. The van der Waals surface area contributed by atoms with E-state index in [1.807, 2.05) is 39.9 Å². The SMILES string of the molecule is Cc1c(N[C@@H](C(=O)NNC(=O)c2ccc(C#N)cc2)[C@H](C)O[Si](C)(C)C(C)(C)C)ccc(C#N)c1C(F)(F)F. The summed E-state index contributed by atoms with van der Waals surface area (Å²) in [5.41, 5.74) is 3.25. The minimum absolute atomic E-state index is 0.00873. The van der Waals surface area contributed by atoms with Gasteiger partial charge in [0.1, 0.15) is 6.04 Å². The molecule has 12 heteroatoms. The molecule has 2 aromatic carbocycles. The molecule has 0 aliphatic heterocycles. The maximum absolute atomic E-state index is 13.8. The molecule has 0 aromatic heterocycles. The van der Waals surface area contributed by atoms with Gasteiger partial charge in [-0.1, -0.05) is 20.8 Å². The first kappa shape index (κ1) is 31.3. The van der Waals surface area contributed by atoms with Crippen molar-refractivity contribution >= 4 is 25.8 Å². The Morgan fingerprint density at radius 3 is 2.05 bits per heavy atom. The molecule has 0 saturated carbocycles. The Kier molecular flexibility index (Phi) is 9.55. The number of rotatable bonds is 7. The summed E-state index contributed by atoms with van der Waals surface area (Å²) in [4.78, 5) is 25.8. The van der Waals surface area contributed by atoms with Crippen LogP contribution in [0.25, 0.3) is 0 Å². The Morgan fingerprint density at radius 2 is 1.56 bits per heavy atom. The van der Waals surface area contributed by atoms with Gasteiger partial charge in [-0.25, -0.2) is 0 Å². The summed E-state index contributed by atoms with van der Waals surface area (Å²) in [5, 5.41) is 20.7. The van der Waals surface area contributed by atoms with Crippen molar-refractivity contribution in [1.82, 2.24) is 10.9 Å². The third-order valence-corrected chi connectivity index (χ3v) is 11.4. The van der Waals surface area contributed by atoms with Crippen LogP contribution in [0.1, 0.15) is 60.3 Å². The van der Waals surface area contributed by atoms with Crippen LogP contribution in [0.3, 0.4) is 0 Å². The molecule has 2 aromatic rings. The van der Waals surface area contributed by atoms with Crippen molar-refractivity contribution in [1.29, 1.82) is 10.5 Å². The minimum Gasteiger partial charge on any atom is -0.412 e. The Balaban J connectivity index is 2.40. The molecule has 0 unspecified atom stereocenters. The highest BCUT2D eigenvalue weighted by molar-refractivity contribution is 6.74. The van der Waals surface area contributed by atoms with Crippen LogP contribution in [0, 0.1) is 29.6 Å². The highest BCUT2D eigenvalue weighted by atomic mass is 28.4. The van der Waals surface area contributed by atoms with Gasteiger partial charge in [-0.05, 0) is 73.9 Å². The lowest BCUT2D eigenvalue weighted by Crippen LogP contribution is -2.55. The lowest BCUT2D eigenvalue weighted by Gasteiger charge is -2.40. The Labute approximate surface area is 227 Å². The van der Waals surface area contributed by atoms with Gasteiger partial charge >= 0.3 is 6.18 Å². The topological polar surface area (TPSA) is 127 Å². The molecule has 39 heavy (non-hydrogen) atoms. The third kappa shape index (κ3) is 7.59. The van der Waals surface area contributed by atoms with Crippen LogP contribution in [-0.2, 0) is 15.4 Å². The first-order valence-corrected chi connectivity index (χ1v) is 15.0. The summed E-state index contributed by atoms with van der Waals surface area (Å²) in [5.74, 6) is -1.40. The maximum Gasteiger partial charge on any atom is 0.418 e. The zero-order valence-corrected chi connectivity index (χ0v) is 23.9. The van der Waals surface area contributed by atoms with Crippen molar-refractivity contribution in [2.24, 2.45) is 0 Å². The largest absolute Gasteiger partial charge is 0.418 e. The predicted molar refractivity (Wildman–Crippen MR) is 143 cm³/mol. The van der Waals surface area contributed by atoms with Gasteiger partial charge in [0, 0.05) is 11.3 Å². The molecular weight excluding hydrogens is 527 g/mol. The second-order valence-corrected chi connectivity index (χ2v) is 15.4. The van der Waals surface area contributed by atoms with E-state index < -0.39 is 49.6 Å². The van der Waals surface area contributed by atoms with E-state index >= 15 is 0 Å². The van der Waals surface area contributed by atoms with Crippen LogP contribution in [0.4, 0.5) is 18.9 Å². The molecule has 0 bridgehead atoms. The lowest BCUT2D eigenvalue weighted by molar-refractivity contribution is -0.138. The number of amides is 2. The molecule has 2 rings (SSSR count). The van der Waals surface area contributed by atoms with Gasteiger partial charge in [0.05, 0.1) is 34.9 Å². The summed E-state index contributed by atoms with van der Waals surface area (Å²) in [6, 6.07) is 10.4. The van der Waals surface area contributed by atoms with Gasteiger partial charge in [-0.2, -0.15) is 23.7 Å². The van der Waals surface area contributed by atoms with Crippen LogP contribution in [0.15, 0.2) is 36.4 Å². The highest BCUT2D eigenvalue weighted by Crippen LogP contribution is 2.39. The molecule has 0 fully saturated rings. The van der Waals surface area contributed by atoms with Crippen molar-refractivity contribution in [3.8, 4) is 12.1 Å². The number of nitrogens with one attached hydrogen (secondary N) is 3. The number of carbonyl (C=O) groups excluding carboxylic acids is 2. The minimum atomic E-state index is -4.79. The molecule has 0 radical (unpaired) electrons. The standard InChI is InChI=1S/C27H32F3N5O3Si/c1-16-21(13-12-20(15-32)22(16)27(28,29)30)33-23(17(2)38-39(6,7)26(3,4)5)25(37)35-34-24(36)19-10-8-18(14-31)9-11-19/h8-13,17,23,33H,1-7H3,(H,34,36)(H,35,37)/t17-,23+/m0/s1. The van der Waals surface area contributed by atoms with Gasteiger partial charge in [0.25, 0.3) is 11.8 Å². The van der Waals surface area contributed by atoms with Gasteiger partial charge in [0.15, 0.2) is 8.32 Å². The molecule has 0 saturated heterocycles. The highest BCUT2D eigenvalue weighted by Gasteiger charge is 2.42. The van der Waals surface area contributed by atoms with E-state index in [4.69, 9.17) is 9.69 Å². The number of hydrazine groups is 1. The normalized spacial score (nSPS) is 13.4. The van der Waals surface area contributed by atoms with Crippen LogP contribution < -0.4 is 16.2 Å². The average molecular weight is 560 g/mol. The Morgan fingerprint density at radius 1 is 0.974 bits per heavy atom. The quantitative estimate of drug-likeness (QED) is 0.308.